The van der Waals surface area contributed by atoms with E-state index < -0.39 is 11.8 Å². The molecule has 0 saturated carbocycles. The molecule has 0 aliphatic heterocycles. The third-order valence-electron chi connectivity index (χ3n) is 3.69. The van der Waals surface area contributed by atoms with E-state index in [0.29, 0.717) is 22.6 Å². The lowest BCUT2D eigenvalue weighted by Crippen LogP contribution is -2.44. The molecule has 2 rings (SSSR count). The van der Waals surface area contributed by atoms with Gasteiger partial charge in [-0.15, -0.1) is 0 Å². The molecular weight excluding hydrogens is 322 g/mol. The Morgan fingerprint density at radius 3 is 2.44 bits per heavy atom. The summed E-state index contributed by atoms with van der Waals surface area (Å²) in [6, 6.07) is 7.30. The van der Waals surface area contributed by atoms with E-state index >= 15 is 0 Å². The second-order valence-corrected chi connectivity index (χ2v) is 5.79. The molecule has 0 aliphatic rings. The molecule has 2 aromatic rings. The molecule has 25 heavy (non-hydrogen) atoms. The van der Waals surface area contributed by atoms with Crippen LogP contribution in [0.1, 0.15) is 44.6 Å². The van der Waals surface area contributed by atoms with Crippen molar-refractivity contribution >= 4 is 17.6 Å². The van der Waals surface area contributed by atoms with Crippen LogP contribution in [0.5, 0.6) is 5.75 Å². The summed E-state index contributed by atoms with van der Waals surface area (Å²) in [5.41, 5.74) is 7.49. The summed E-state index contributed by atoms with van der Waals surface area (Å²) in [5, 5.41) is 0. The lowest BCUT2D eigenvalue weighted by atomic mass is 10.1. The fraction of sp³-hybridized carbons (Fsp3) is 0.278. The van der Waals surface area contributed by atoms with Crippen molar-refractivity contribution < 1.29 is 19.1 Å². The van der Waals surface area contributed by atoms with Gasteiger partial charge in [0.2, 0.25) is 0 Å². The Balaban J connectivity index is 1.90. The summed E-state index contributed by atoms with van der Waals surface area (Å²) in [7, 11) is 0. The normalized spacial score (nSPS) is 10.2. The maximum Gasteiger partial charge on any atom is 0.286 e. The van der Waals surface area contributed by atoms with E-state index in [9.17, 15) is 14.4 Å². The molecule has 3 N–H and O–H groups in total. The first-order chi connectivity index (χ1) is 11.8. The molecule has 132 valence electrons. The summed E-state index contributed by atoms with van der Waals surface area (Å²) in [6.07, 6.45) is 0. The van der Waals surface area contributed by atoms with Crippen molar-refractivity contribution in [1.29, 1.82) is 0 Å². The number of ketones is 1. The summed E-state index contributed by atoms with van der Waals surface area (Å²) >= 11 is 0. The molecule has 0 atom stereocenters. The van der Waals surface area contributed by atoms with Crippen LogP contribution < -0.4 is 15.6 Å². The van der Waals surface area contributed by atoms with E-state index in [1.807, 2.05) is 19.1 Å². The molecule has 0 spiro atoms. The number of ether oxygens (including phenoxy) is 1. The highest BCUT2D eigenvalue weighted by Crippen LogP contribution is 2.18. The van der Waals surface area contributed by atoms with E-state index in [2.05, 4.69) is 15.8 Å². The molecule has 2 amide bonds. The second kappa shape index (κ2) is 7.65. The number of carbonyl (C=O) groups is 3. The van der Waals surface area contributed by atoms with Crippen molar-refractivity contribution in [1.82, 2.24) is 15.8 Å². The third kappa shape index (κ3) is 4.47. The zero-order valence-corrected chi connectivity index (χ0v) is 14.6. The largest absolute Gasteiger partial charge is 0.484 e. The number of nitrogens with one attached hydrogen (secondary N) is 3. The number of aromatic amines is 1. The quantitative estimate of drug-likeness (QED) is 0.571. The van der Waals surface area contributed by atoms with Gasteiger partial charge in [0.25, 0.3) is 11.8 Å². The number of H-pyrrole nitrogens is 1. The molecule has 1 heterocycles. The number of hydrazine groups is 1. The standard InChI is InChI=1S/C18H21N3O4/c1-10-6-5-7-14(8-10)25-9-15(23)20-21-18(24)17-11(2)16(13(4)22)12(3)19-17/h5-8,19H,9H2,1-4H3,(H,20,23)(H,21,24). The molecule has 1 aromatic carbocycles. The number of carbonyl (C=O) groups excluding carboxylic acids is 3. The Labute approximate surface area is 145 Å². The van der Waals surface area contributed by atoms with Crippen molar-refractivity contribution in [2.45, 2.75) is 27.7 Å². The maximum absolute atomic E-state index is 12.2. The highest BCUT2D eigenvalue weighted by atomic mass is 16.5. The molecule has 7 heteroatoms. The molecule has 0 aliphatic carbocycles. The van der Waals surface area contributed by atoms with Gasteiger partial charge >= 0.3 is 0 Å². The van der Waals surface area contributed by atoms with Crippen LogP contribution in [0.15, 0.2) is 24.3 Å². The van der Waals surface area contributed by atoms with Crippen molar-refractivity contribution in [2.75, 3.05) is 6.61 Å². The number of aromatic nitrogens is 1. The zero-order valence-electron chi connectivity index (χ0n) is 14.6. The minimum Gasteiger partial charge on any atom is -0.484 e. The van der Waals surface area contributed by atoms with Gasteiger partial charge < -0.3 is 9.72 Å². The Kier molecular flexibility index (Phi) is 5.59. The van der Waals surface area contributed by atoms with Gasteiger partial charge in [0, 0.05) is 11.3 Å². The van der Waals surface area contributed by atoms with Gasteiger partial charge in [-0.05, 0) is 51.0 Å². The molecule has 0 saturated heterocycles. The Morgan fingerprint density at radius 1 is 1.12 bits per heavy atom. The Hall–Kier alpha value is -3.09. The van der Waals surface area contributed by atoms with Gasteiger partial charge in [0.1, 0.15) is 11.4 Å². The van der Waals surface area contributed by atoms with Gasteiger partial charge in [0.15, 0.2) is 12.4 Å². The number of aryl methyl sites for hydroxylation is 2. The van der Waals surface area contributed by atoms with Crippen LogP contribution in [0.3, 0.4) is 0 Å². The molecule has 0 bridgehead atoms. The van der Waals surface area contributed by atoms with Crippen LogP contribution in [0, 0.1) is 20.8 Å². The van der Waals surface area contributed by atoms with Crippen LogP contribution >= 0.6 is 0 Å². The Morgan fingerprint density at radius 2 is 1.84 bits per heavy atom. The average molecular weight is 343 g/mol. The number of rotatable bonds is 5. The smallest absolute Gasteiger partial charge is 0.286 e. The van der Waals surface area contributed by atoms with Gasteiger partial charge in [-0.3, -0.25) is 25.2 Å². The van der Waals surface area contributed by atoms with E-state index in [4.69, 9.17) is 4.74 Å². The summed E-state index contributed by atoms with van der Waals surface area (Å²) in [4.78, 5) is 38.4. The van der Waals surface area contributed by atoms with Crippen LogP contribution in [0.2, 0.25) is 0 Å². The molecular formula is C18H21N3O4. The molecule has 0 radical (unpaired) electrons. The van der Waals surface area contributed by atoms with Crippen molar-refractivity contribution in [2.24, 2.45) is 0 Å². The number of Topliss-reactive ketones (excluding diaryl/α,β-unsaturated/α-hetero) is 1. The topological polar surface area (TPSA) is 100 Å². The summed E-state index contributed by atoms with van der Waals surface area (Å²) < 4.78 is 5.35. The van der Waals surface area contributed by atoms with Crippen molar-refractivity contribution in [3.63, 3.8) is 0 Å². The van der Waals surface area contributed by atoms with Crippen LogP contribution in [0.25, 0.3) is 0 Å². The Bertz CT molecular complexity index is 824. The van der Waals surface area contributed by atoms with Gasteiger partial charge in [-0.1, -0.05) is 12.1 Å². The predicted octanol–water partition coefficient (Wildman–Crippen LogP) is 1.98. The van der Waals surface area contributed by atoms with Crippen LogP contribution in [0.4, 0.5) is 0 Å². The first-order valence-corrected chi connectivity index (χ1v) is 7.78. The SMILES string of the molecule is CC(=O)c1c(C)[nH]c(C(=O)NNC(=O)COc2cccc(C)c2)c1C. The fourth-order valence-electron chi connectivity index (χ4n) is 2.58. The van der Waals surface area contributed by atoms with Crippen molar-refractivity contribution in [3.8, 4) is 5.75 Å². The van der Waals surface area contributed by atoms with E-state index in [1.165, 1.54) is 6.92 Å². The highest BCUT2D eigenvalue weighted by Gasteiger charge is 2.20. The predicted molar refractivity (Wildman–Crippen MR) is 92.6 cm³/mol. The minimum absolute atomic E-state index is 0.124. The number of hydrogen-bond donors (Lipinski definition) is 3. The number of hydrogen-bond acceptors (Lipinski definition) is 4. The molecule has 7 nitrogen and oxygen atoms in total. The summed E-state index contributed by atoms with van der Waals surface area (Å²) in [5.74, 6) is -0.580. The third-order valence-corrected chi connectivity index (χ3v) is 3.69. The van der Waals surface area contributed by atoms with Crippen molar-refractivity contribution in [3.05, 3.63) is 52.3 Å². The van der Waals surface area contributed by atoms with Gasteiger partial charge in [0.05, 0.1) is 0 Å². The fourth-order valence-corrected chi connectivity index (χ4v) is 2.58. The van der Waals surface area contributed by atoms with E-state index in [1.54, 1.807) is 26.0 Å². The van der Waals surface area contributed by atoms with E-state index in [0.717, 1.165) is 5.56 Å². The molecule has 1 aromatic heterocycles. The molecule has 0 unspecified atom stereocenters. The van der Waals surface area contributed by atoms with Gasteiger partial charge in [-0.2, -0.15) is 0 Å². The summed E-state index contributed by atoms with van der Waals surface area (Å²) in [6.45, 7) is 6.52. The van der Waals surface area contributed by atoms with Crippen LogP contribution in [-0.4, -0.2) is 29.2 Å². The first kappa shape index (κ1) is 18.3. The lowest BCUT2D eigenvalue weighted by Gasteiger charge is -2.09. The monoisotopic (exact) mass is 343 g/mol. The number of amides is 2. The molecule has 0 fully saturated rings. The van der Waals surface area contributed by atoms with Gasteiger partial charge in [-0.25, -0.2) is 0 Å². The zero-order chi connectivity index (χ0) is 18.6. The van der Waals surface area contributed by atoms with Crippen LogP contribution in [-0.2, 0) is 4.79 Å². The first-order valence-electron chi connectivity index (χ1n) is 7.78. The second-order valence-electron chi connectivity index (χ2n) is 5.79. The number of benzene rings is 1. The van der Waals surface area contributed by atoms with E-state index in [-0.39, 0.29) is 18.1 Å². The highest BCUT2D eigenvalue weighted by molar-refractivity contribution is 6.02. The minimum atomic E-state index is -0.531. The maximum atomic E-state index is 12.2. The average Bonchev–Trinajstić information content (AvgIpc) is 2.85. The lowest BCUT2D eigenvalue weighted by molar-refractivity contribution is -0.123.